The third kappa shape index (κ3) is 4.56. The Labute approximate surface area is 74.0 Å². The van der Waals surface area contributed by atoms with Crippen molar-refractivity contribution in [3.05, 3.63) is 0 Å². The summed E-state index contributed by atoms with van der Waals surface area (Å²) in [4.78, 5) is 0. The zero-order chi connectivity index (χ0) is 9.45. The molecule has 0 saturated heterocycles. The first-order chi connectivity index (χ1) is 5.68. The van der Waals surface area contributed by atoms with Crippen molar-refractivity contribution in [3.63, 3.8) is 0 Å². The molecule has 0 radical (unpaired) electrons. The van der Waals surface area contributed by atoms with Gasteiger partial charge in [0.1, 0.15) is 0 Å². The van der Waals surface area contributed by atoms with Gasteiger partial charge in [0.2, 0.25) is 0 Å². The molecule has 0 amide bonds. The highest BCUT2D eigenvalue weighted by Crippen LogP contribution is 2.48. The van der Waals surface area contributed by atoms with Gasteiger partial charge >= 0.3 is 7.60 Å². The number of hydrogen-bond acceptors (Lipinski definition) is 3. The quantitative estimate of drug-likeness (QED) is 0.476. The minimum absolute atomic E-state index is 0.311. The number of terminal acetylenes is 1. The molecule has 0 unspecified atom stereocenters. The molecule has 0 heterocycles. The maximum atomic E-state index is 11.6. The SMILES string of the molecule is C#CCCP(=O)(OCC)OCC. The number of hydrogen-bond donors (Lipinski definition) is 0. The lowest BCUT2D eigenvalue weighted by Crippen LogP contribution is -1.99. The van der Waals surface area contributed by atoms with E-state index in [0.29, 0.717) is 25.8 Å². The maximum absolute atomic E-state index is 11.6. The van der Waals surface area contributed by atoms with E-state index in [-0.39, 0.29) is 0 Å². The highest BCUT2D eigenvalue weighted by Gasteiger charge is 2.21. The fourth-order valence-corrected chi connectivity index (χ4v) is 2.28. The fraction of sp³-hybridized carbons (Fsp3) is 0.750. The van der Waals surface area contributed by atoms with Crippen LogP contribution in [0.1, 0.15) is 20.3 Å². The predicted molar refractivity (Wildman–Crippen MR) is 49.2 cm³/mol. The van der Waals surface area contributed by atoms with Gasteiger partial charge in [0.15, 0.2) is 0 Å². The van der Waals surface area contributed by atoms with E-state index in [1.165, 1.54) is 0 Å². The summed E-state index contributed by atoms with van der Waals surface area (Å²) in [6.45, 7) is 4.34. The third-order valence-corrected chi connectivity index (χ3v) is 3.26. The minimum Gasteiger partial charge on any atom is -0.309 e. The van der Waals surface area contributed by atoms with Crippen LogP contribution in [0.15, 0.2) is 0 Å². The lowest BCUT2D eigenvalue weighted by Gasteiger charge is -2.15. The van der Waals surface area contributed by atoms with Crippen LogP contribution < -0.4 is 0 Å². The van der Waals surface area contributed by atoms with Gasteiger partial charge in [-0.15, -0.1) is 12.3 Å². The van der Waals surface area contributed by atoms with Crippen molar-refractivity contribution >= 4 is 7.60 Å². The molecular weight excluding hydrogens is 175 g/mol. The first kappa shape index (κ1) is 11.7. The summed E-state index contributed by atoms with van der Waals surface area (Å²) >= 11 is 0. The molecule has 0 rings (SSSR count). The minimum atomic E-state index is -2.88. The molecule has 0 bridgehead atoms. The van der Waals surface area contributed by atoms with Gasteiger partial charge in [-0.1, -0.05) is 0 Å². The highest BCUT2D eigenvalue weighted by molar-refractivity contribution is 7.53. The van der Waals surface area contributed by atoms with E-state index in [0.717, 1.165) is 0 Å². The van der Waals surface area contributed by atoms with Crippen LogP contribution in [-0.4, -0.2) is 19.4 Å². The smallest absolute Gasteiger partial charge is 0.309 e. The summed E-state index contributed by atoms with van der Waals surface area (Å²) in [5.41, 5.74) is 0. The van der Waals surface area contributed by atoms with Crippen molar-refractivity contribution < 1.29 is 13.6 Å². The Morgan fingerprint density at radius 1 is 1.33 bits per heavy atom. The molecule has 0 aromatic heterocycles. The van der Waals surface area contributed by atoms with Crippen molar-refractivity contribution in [2.24, 2.45) is 0 Å². The molecule has 3 nitrogen and oxygen atoms in total. The van der Waals surface area contributed by atoms with Gasteiger partial charge in [0, 0.05) is 6.42 Å². The van der Waals surface area contributed by atoms with Crippen LogP contribution >= 0.6 is 7.60 Å². The van der Waals surface area contributed by atoms with Gasteiger partial charge in [0.05, 0.1) is 19.4 Å². The second kappa shape index (κ2) is 6.25. The molecule has 0 N–H and O–H groups in total. The summed E-state index contributed by atoms with van der Waals surface area (Å²) < 4.78 is 21.7. The molecule has 0 aliphatic rings. The van der Waals surface area contributed by atoms with E-state index >= 15 is 0 Å². The normalized spacial score (nSPS) is 11.1. The van der Waals surface area contributed by atoms with Crippen molar-refractivity contribution in [1.82, 2.24) is 0 Å². The van der Waals surface area contributed by atoms with Gasteiger partial charge in [-0.25, -0.2) is 0 Å². The Bertz CT molecular complexity index is 185. The van der Waals surface area contributed by atoms with Crippen molar-refractivity contribution in [2.75, 3.05) is 19.4 Å². The predicted octanol–water partition coefficient (Wildman–Crippen LogP) is 2.28. The molecule has 12 heavy (non-hydrogen) atoms. The van der Waals surface area contributed by atoms with Crippen LogP contribution in [0.3, 0.4) is 0 Å². The van der Waals surface area contributed by atoms with Crippen LogP contribution in [0.5, 0.6) is 0 Å². The first-order valence-electron chi connectivity index (χ1n) is 4.00. The van der Waals surface area contributed by atoms with Gasteiger partial charge in [-0.3, -0.25) is 4.57 Å². The molecule has 0 spiro atoms. The number of rotatable bonds is 6. The van der Waals surface area contributed by atoms with E-state index in [4.69, 9.17) is 15.5 Å². The molecule has 0 fully saturated rings. The van der Waals surface area contributed by atoms with Gasteiger partial charge in [0.25, 0.3) is 0 Å². The average molecular weight is 190 g/mol. The molecule has 0 aromatic rings. The highest BCUT2D eigenvalue weighted by atomic mass is 31.2. The lowest BCUT2D eigenvalue weighted by atomic mass is 10.5. The average Bonchev–Trinajstić information content (AvgIpc) is 2.02. The summed E-state index contributed by atoms with van der Waals surface area (Å²) in [6.07, 6.45) is 5.78. The summed E-state index contributed by atoms with van der Waals surface area (Å²) in [6, 6.07) is 0. The Kier molecular flexibility index (Phi) is 6.10. The Balaban J connectivity index is 4.01. The van der Waals surface area contributed by atoms with Crippen LogP contribution in [0.25, 0.3) is 0 Å². The molecule has 0 aliphatic carbocycles. The zero-order valence-corrected chi connectivity index (χ0v) is 8.47. The van der Waals surface area contributed by atoms with Crippen LogP contribution in [-0.2, 0) is 13.6 Å². The Hall–Kier alpha value is -0.290. The molecule has 70 valence electrons. The molecule has 0 atom stereocenters. The first-order valence-corrected chi connectivity index (χ1v) is 5.73. The third-order valence-electron chi connectivity index (χ3n) is 1.18. The molecular formula is C8H15O3P. The van der Waals surface area contributed by atoms with E-state index < -0.39 is 7.60 Å². The van der Waals surface area contributed by atoms with Gasteiger partial charge in [-0.05, 0) is 13.8 Å². The van der Waals surface area contributed by atoms with Crippen molar-refractivity contribution in [2.45, 2.75) is 20.3 Å². The van der Waals surface area contributed by atoms with E-state index in [9.17, 15) is 4.57 Å². The molecule has 0 aromatic carbocycles. The van der Waals surface area contributed by atoms with Gasteiger partial charge in [-0.2, -0.15) is 0 Å². The monoisotopic (exact) mass is 190 g/mol. The Morgan fingerprint density at radius 2 is 1.83 bits per heavy atom. The topological polar surface area (TPSA) is 35.5 Å². The summed E-state index contributed by atoms with van der Waals surface area (Å²) in [5, 5.41) is 0. The lowest BCUT2D eigenvalue weighted by molar-refractivity contribution is 0.220. The molecule has 0 saturated carbocycles. The second-order valence-corrected chi connectivity index (χ2v) is 4.31. The zero-order valence-electron chi connectivity index (χ0n) is 7.58. The van der Waals surface area contributed by atoms with Gasteiger partial charge < -0.3 is 9.05 Å². The van der Waals surface area contributed by atoms with Crippen LogP contribution in [0.2, 0.25) is 0 Å². The standard InChI is InChI=1S/C8H15O3P/c1-4-7-8-12(9,10-5-2)11-6-3/h1H,5-8H2,2-3H3. The van der Waals surface area contributed by atoms with E-state index in [1.54, 1.807) is 13.8 Å². The summed E-state index contributed by atoms with van der Waals surface area (Å²) in [7, 11) is -2.88. The largest absolute Gasteiger partial charge is 0.331 e. The fourth-order valence-electron chi connectivity index (χ4n) is 0.761. The molecule has 0 aliphatic heterocycles. The van der Waals surface area contributed by atoms with Crippen LogP contribution in [0, 0.1) is 12.3 Å². The van der Waals surface area contributed by atoms with E-state index in [1.807, 2.05) is 0 Å². The Morgan fingerprint density at radius 3 is 2.17 bits per heavy atom. The van der Waals surface area contributed by atoms with Crippen molar-refractivity contribution in [1.29, 1.82) is 0 Å². The van der Waals surface area contributed by atoms with E-state index in [2.05, 4.69) is 5.92 Å². The van der Waals surface area contributed by atoms with Crippen LogP contribution in [0.4, 0.5) is 0 Å². The summed E-state index contributed by atoms with van der Waals surface area (Å²) in [5.74, 6) is 2.41. The molecule has 4 heteroatoms. The maximum Gasteiger partial charge on any atom is 0.331 e. The van der Waals surface area contributed by atoms with Crippen molar-refractivity contribution in [3.8, 4) is 12.3 Å². The second-order valence-electron chi connectivity index (χ2n) is 2.12.